The normalized spacial score (nSPS) is 22.1. The van der Waals surface area contributed by atoms with Gasteiger partial charge in [-0.15, -0.1) is 0 Å². The van der Waals surface area contributed by atoms with E-state index in [1.54, 1.807) is 37.6 Å². The number of hydrogen-bond acceptors (Lipinski definition) is 5. The standard InChI is InChI=1S/C26H32FN5O3/c1-15-21(14-31(5)30-15)16-6-7-17(22(27)12-16)10-19(13-28)29-24(33)23-18-8-9-20(11-18)32(23)25(34)35-26(2,3)4/h6-7,12,14,18-20,23H,8-11H2,1-5H3,(H,29,33)/t18-,19-,20+,23-/m0/s1. The van der Waals surface area contributed by atoms with Crippen molar-refractivity contribution in [2.75, 3.05) is 0 Å². The molecule has 1 saturated carbocycles. The monoisotopic (exact) mass is 481 g/mol. The van der Waals surface area contributed by atoms with Gasteiger partial charge in [-0.25, -0.2) is 9.18 Å². The number of likely N-dealkylation sites (tertiary alicyclic amines) is 1. The van der Waals surface area contributed by atoms with Crippen molar-refractivity contribution in [2.24, 2.45) is 13.0 Å². The van der Waals surface area contributed by atoms with Gasteiger partial charge in [0.15, 0.2) is 0 Å². The highest BCUT2D eigenvalue weighted by Gasteiger charge is 2.52. The molecule has 1 aromatic heterocycles. The number of halogens is 1. The molecule has 35 heavy (non-hydrogen) atoms. The Bertz CT molecular complexity index is 1180. The van der Waals surface area contributed by atoms with Crippen molar-refractivity contribution in [1.29, 1.82) is 5.26 Å². The fraction of sp³-hybridized carbons (Fsp3) is 0.538. The first-order chi connectivity index (χ1) is 16.5. The highest BCUT2D eigenvalue weighted by atomic mass is 19.1. The number of aromatic nitrogens is 2. The molecular weight excluding hydrogens is 449 g/mol. The second-order valence-electron chi connectivity index (χ2n) is 10.6. The molecular formula is C26H32FN5O3. The minimum atomic E-state index is -0.928. The number of aryl methyl sites for hydroxylation is 2. The van der Waals surface area contributed by atoms with E-state index >= 15 is 0 Å². The van der Waals surface area contributed by atoms with Crippen LogP contribution < -0.4 is 5.32 Å². The van der Waals surface area contributed by atoms with E-state index in [1.165, 1.54) is 11.0 Å². The van der Waals surface area contributed by atoms with Crippen molar-refractivity contribution in [1.82, 2.24) is 20.0 Å². The van der Waals surface area contributed by atoms with Gasteiger partial charge in [0.1, 0.15) is 23.5 Å². The lowest BCUT2D eigenvalue weighted by Crippen LogP contribution is -2.55. The van der Waals surface area contributed by atoms with Crippen LogP contribution in [0.4, 0.5) is 9.18 Å². The molecule has 2 aromatic rings. The quantitative estimate of drug-likeness (QED) is 0.699. The van der Waals surface area contributed by atoms with E-state index in [1.807, 2.05) is 20.2 Å². The Morgan fingerprint density at radius 1 is 1.34 bits per heavy atom. The molecule has 1 aliphatic carbocycles. The van der Waals surface area contributed by atoms with Crippen LogP contribution in [0.2, 0.25) is 0 Å². The number of piperidine rings is 1. The zero-order valence-corrected chi connectivity index (χ0v) is 20.8. The van der Waals surface area contributed by atoms with Crippen LogP contribution >= 0.6 is 0 Å². The van der Waals surface area contributed by atoms with Gasteiger partial charge in [0.25, 0.3) is 0 Å². The van der Waals surface area contributed by atoms with E-state index in [0.29, 0.717) is 11.1 Å². The highest BCUT2D eigenvalue weighted by molar-refractivity contribution is 5.87. The van der Waals surface area contributed by atoms with Gasteiger partial charge >= 0.3 is 6.09 Å². The summed E-state index contributed by atoms with van der Waals surface area (Å²) in [5, 5.41) is 16.7. The Kier molecular flexibility index (Phi) is 6.58. The van der Waals surface area contributed by atoms with Crippen LogP contribution in [-0.4, -0.2) is 50.4 Å². The Balaban J connectivity index is 1.46. The number of nitriles is 1. The fourth-order valence-corrected chi connectivity index (χ4v) is 5.27. The van der Waals surface area contributed by atoms with Crippen LogP contribution in [0.5, 0.6) is 0 Å². The zero-order chi connectivity index (χ0) is 25.5. The van der Waals surface area contributed by atoms with Crippen LogP contribution in [0.1, 0.15) is 51.3 Å². The van der Waals surface area contributed by atoms with Crippen molar-refractivity contribution in [3.05, 3.63) is 41.5 Å². The summed E-state index contributed by atoms with van der Waals surface area (Å²) in [5.74, 6) is -0.807. The number of ether oxygens (including phenoxy) is 1. The Morgan fingerprint density at radius 2 is 2.09 bits per heavy atom. The average molecular weight is 482 g/mol. The van der Waals surface area contributed by atoms with E-state index in [9.17, 15) is 19.2 Å². The Labute approximate surface area is 205 Å². The van der Waals surface area contributed by atoms with Crippen LogP contribution in [-0.2, 0) is 23.0 Å². The molecule has 2 heterocycles. The van der Waals surface area contributed by atoms with Gasteiger partial charge in [-0.2, -0.15) is 10.4 Å². The summed E-state index contributed by atoms with van der Waals surface area (Å²) < 4.78 is 22.2. The smallest absolute Gasteiger partial charge is 0.411 e. The summed E-state index contributed by atoms with van der Waals surface area (Å²) in [6.07, 6.45) is 3.78. The number of hydrogen-bond donors (Lipinski definition) is 1. The lowest BCUT2D eigenvalue weighted by Gasteiger charge is -2.35. The number of fused-ring (bicyclic) bond motifs is 2. The molecule has 2 aliphatic rings. The summed E-state index contributed by atoms with van der Waals surface area (Å²) in [4.78, 5) is 27.6. The van der Waals surface area contributed by atoms with Crippen LogP contribution in [0.25, 0.3) is 11.1 Å². The molecule has 0 radical (unpaired) electrons. The summed E-state index contributed by atoms with van der Waals surface area (Å²) in [7, 11) is 1.81. The van der Waals surface area contributed by atoms with Crippen molar-refractivity contribution in [3.63, 3.8) is 0 Å². The maximum Gasteiger partial charge on any atom is 0.411 e. The molecule has 1 aromatic carbocycles. The molecule has 2 fully saturated rings. The van der Waals surface area contributed by atoms with Gasteiger partial charge in [0.2, 0.25) is 5.91 Å². The van der Waals surface area contributed by atoms with Gasteiger partial charge in [0.05, 0.1) is 11.8 Å². The van der Waals surface area contributed by atoms with Crippen LogP contribution in [0.15, 0.2) is 24.4 Å². The van der Waals surface area contributed by atoms with Crippen molar-refractivity contribution in [3.8, 4) is 17.2 Å². The molecule has 2 bridgehead atoms. The predicted octanol–water partition coefficient (Wildman–Crippen LogP) is 3.87. The molecule has 0 spiro atoms. The third-order valence-electron chi connectivity index (χ3n) is 6.73. The summed E-state index contributed by atoms with van der Waals surface area (Å²) in [6, 6.07) is 5.28. The first-order valence-corrected chi connectivity index (χ1v) is 12.0. The Hall–Kier alpha value is -3.41. The van der Waals surface area contributed by atoms with Gasteiger partial charge < -0.3 is 10.1 Å². The second kappa shape index (κ2) is 9.33. The predicted molar refractivity (Wildman–Crippen MR) is 128 cm³/mol. The molecule has 1 N–H and O–H groups in total. The molecule has 8 nitrogen and oxygen atoms in total. The number of benzene rings is 1. The number of nitrogens with one attached hydrogen (secondary N) is 1. The third-order valence-corrected chi connectivity index (χ3v) is 6.73. The summed E-state index contributed by atoms with van der Waals surface area (Å²) in [5.41, 5.74) is 1.99. The number of carbonyl (C=O) groups excluding carboxylic acids is 2. The van der Waals surface area contributed by atoms with Gasteiger partial charge in [0, 0.05) is 31.3 Å². The first-order valence-electron chi connectivity index (χ1n) is 12.0. The molecule has 1 aliphatic heterocycles. The minimum absolute atomic E-state index is 0.0215. The zero-order valence-electron chi connectivity index (χ0n) is 20.8. The van der Waals surface area contributed by atoms with E-state index < -0.39 is 35.5 Å². The average Bonchev–Trinajstić information content (AvgIpc) is 3.47. The lowest BCUT2D eigenvalue weighted by atomic mass is 9.97. The van der Waals surface area contributed by atoms with E-state index in [4.69, 9.17) is 4.74 Å². The first kappa shape index (κ1) is 24.7. The molecule has 2 amide bonds. The van der Waals surface area contributed by atoms with Crippen LogP contribution in [0, 0.1) is 30.0 Å². The molecule has 1 saturated heterocycles. The SMILES string of the molecule is Cc1nn(C)cc1-c1ccc(C[C@@H](C#N)NC(=O)[C@@H]2[C@H]3CC[C@H](C3)N2C(=O)OC(C)(C)C)c(F)c1. The third kappa shape index (κ3) is 5.16. The second-order valence-corrected chi connectivity index (χ2v) is 10.6. The number of nitrogens with zero attached hydrogens (tertiary/aromatic N) is 4. The minimum Gasteiger partial charge on any atom is -0.444 e. The topological polar surface area (TPSA) is 100 Å². The van der Waals surface area contributed by atoms with Gasteiger partial charge in [-0.05, 0) is 70.1 Å². The van der Waals surface area contributed by atoms with Crippen molar-refractivity contribution < 1.29 is 18.7 Å². The van der Waals surface area contributed by atoms with Crippen LogP contribution in [0.3, 0.4) is 0 Å². The number of carbonyl (C=O) groups is 2. The number of rotatable bonds is 5. The maximum atomic E-state index is 14.9. The van der Waals surface area contributed by atoms with E-state index in [-0.39, 0.29) is 18.4 Å². The molecule has 0 unspecified atom stereocenters. The van der Waals surface area contributed by atoms with E-state index in [2.05, 4.69) is 16.5 Å². The summed E-state index contributed by atoms with van der Waals surface area (Å²) >= 11 is 0. The maximum absolute atomic E-state index is 14.9. The summed E-state index contributed by atoms with van der Waals surface area (Å²) in [6.45, 7) is 7.22. The van der Waals surface area contributed by atoms with Gasteiger partial charge in [-0.1, -0.05) is 12.1 Å². The largest absolute Gasteiger partial charge is 0.444 e. The number of amides is 2. The highest BCUT2D eigenvalue weighted by Crippen LogP contribution is 2.43. The molecule has 4 atom stereocenters. The molecule has 4 rings (SSSR count). The molecule has 9 heteroatoms. The fourth-order valence-electron chi connectivity index (χ4n) is 5.27. The van der Waals surface area contributed by atoms with Gasteiger partial charge in [-0.3, -0.25) is 14.4 Å². The Morgan fingerprint density at radius 3 is 2.69 bits per heavy atom. The lowest BCUT2D eigenvalue weighted by molar-refractivity contribution is -0.128. The van der Waals surface area contributed by atoms with Crippen molar-refractivity contribution in [2.45, 2.75) is 77.1 Å². The van der Waals surface area contributed by atoms with E-state index in [0.717, 1.165) is 30.5 Å². The van der Waals surface area contributed by atoms with Crippen molar-refractivity contribution >= 4 is 12.0 Å². The molecule has 186 valence electrons.